The molecular weight excluding hydrogens is 152 g/mol. The molecule has 60 valence electrons. The van der Waals surface area contributed by atoms with E-state index in [-0.39, 0.29) is 5.91 Å². The molecule has 12 heavy (non-hydrogen) atoms. The first-order valence-electron chi connectivity index (χ1n) is 3.77. The highest BCUT2D eigenvalue weighted by Crippen LogP contribution is 2.17. The maximum absolute atomic E-state index is 11.2. The van der Waals surface area contributed by atoms with Crippen molar-refractivity contribution >= 4 is 11.6 Å². The van der Waals surface area contributed by atoms with Crippen molar-refractivity contribution in [1.82, 2.24) is 4.98 Å². The molecule has 0 radical (unpaired) electrons. The van der Waals surface area contributed by atoms with Crippen LogP contribution in [0.4, 0.5) is 5.69 Å². The molecule has 1 aromatic rings. The van der Waals surface area contributed by atoms with Crippen LogP contribution < -0.4 is 4.90 Å². The first kappa shape index (κ1) is 7.03. The van der Waals surface area contributed by atoms with Crippen LogP contribution in [0.1, 0.15) is 6.42 Å². The number of aromatic nitrogens is 1. The Kier molecular flexibility index (Phi) is 1.63. The number of carbonyl (C=O) groups is 1. The molecule has 1 amide bonds. The van der Waals surface area contributed by atoms with Crippen molar-refractivity contribution in [1.29, 1.82) is 0 Å². The molecule has 0 aliphatic carbocycles. The van der Waals surface area contributed by atoms with E-state index in [1.165, 1.54) is 0 Å². The van der Waals surface area contributed by atoms with E-state index in [0.717, 1.165) is 5.69 Å². The molecule has 1 aromatic heterocycles. The normalized spacial score (nSPS) is 15.7. The van der Waals surface area contributed by atoms with E-state index in [1.54, 1.807) is 23.5 Å². The molecule has 1 aliphatic rings. The van der Waals surface area contributed by atoms with Crippen molar-refractivity contribution in [2.45, 2.75) is 6.42 Å². The van der Waals surface area contributed by atoms with Crippen LogP contribution in [-0.2, 0) is 4.79 Å². The van der Waals surface area contributed by atoms with Gasteiger partial charge in [0, 0.05) is 25.0 Å². The Morgan fingerprint density at radius 1 is 1.33 bits per heavy atom. The number of pyridine rings is 1. The molecule has 3 nitrogen and oxygen atoms in total. The second-order valence-corrected chi connectivity index (χ2v) is 2.56. The number of amides is 1. The summed E-state index contributed by atoms with van der Waals surface area (Å²) in [5, 5.41) is 0. The summed E-state index contributed by atoms with van der Waals surface area (Å²) in [5.41, 5.74) is 0.878. The topological polar surface area (TPSA) is 33.2 Å². The number of hydrogen-bond acceptors (Lipinski definition) is 2. The van der Waals surface area contributed by atoms with Crippen LogP contribution in [0.3, 0.4) is 0 Å². The number of nitrogens with zero attached hydrogens (tertiary/aromatic N) is 2. The van der Waals surface area contributed by atoms with E-state index in [0.29, 0.717) is 6.42 Å². The van der Waals surface area contributed by atoms with Crippen molar-refractivity contribution < 1.29 is 4.79 Å². The average molecular weight is 160 g/mol. The molecule has 0 bridgehead atoms. The maximum atomic E-state index is 11.2. The zero-order valence-electron chi connectivity index (χ0n) is 6.47. The highest BCUT2D eigenvalue weighted by molar-refractivity contribution is 5.98. The van der Waals surface area contributed by atoms with E-state index >= 15 is 0 Å². The Labute approximate surface area is 70.3 Å². The molecule has 0 fully saturated rings. The second kappa shape index (κ2) is 2.77. The van der Waals surface area contributed by atoms with E-state index in [2.05, 4.69) is 4.98 Å². The molecule has 2 rings (SSSR count). The quantitative estimate of drug-likeness (QED) is 0.621. The Balaban J connectivity index is 2.31. The molecular formula is C9H8N2O. The van der Waals surface area contributed by atoms with E-state index in [9.17, 15) is 4.79 Å². The lowest BCUT2D eigenvalue weighted by Crippen LogP contribution is -2.19. The van der Waals surface area contributed by atoms with Gasteiger partial charge in [0.15, 0.2) is 0 Å². The summed E-state index contributed by atoms with van der Waals surface area (Å²) >= 11 is 0. The minimum Gasteiger partial charge on any atom is -0.288 e. The summed E-state index contributed by atoms with van der Waals surface area (Å²) in [6.45, 7) is 0. The van der Waals surface area contributed by atoms with Gasteiger partial charge in [-0.3, -0.25) is 14.7 Å². The fourth-order valence-corrected chi connectivity index (χ4v) is 1.18. The number of hydrogen-bond donors (Lipinski definition) is 0. The third kappa shape index (κ3) is 1.09. The SMILES string of the molecule is O=C1CC=CN1c1ccncc1. The summed E-state index contributed by atoms with van der Waals surface area (Å²) < 4.78 is 0. The van der Waals surface area contributed by atoms with Gasteiger partial charge in [-0.25, -0.2) is 0 Å². The minimum atomic E-state index is 0.112. The Morgan fingerprint density at radius 3 is 2.67 bits per heavy atom. The number of carbonyl (C=O) groups excluding carboxylic acids is 1. The number of anilines is 1. The molecule has 0 saturated carbocycles. The standard InChI is InChI=1S/C9H8N2O/c12-9-2-1-7-11(9)8-3-5-10-6-4-8/h1,3-7H,2H2. The first-order chi connectivity index (χ1) is 5.88. The van der Waals surface area contributed by atoms with Crippen molar-refractivity contribution in [3.05, 3.63) is 36.8 Å². The van der Waals surface area contributed by atoms with Crippen molar-refractivity contribution in [3.63, 3.8) is 0 Å². The highest BCUT2D eigenvalue weighted by atomic mass is 16.2. The van der Waals surface area contributed by atoms with Gasteiger partial charge in [-0.15, -0.1) is 0 Å². The minimum absolute atomic E-state index is 0.112. The Hall–Kier alpha value is -1.64. The van der Waals surface area contributed by atoms with Crippen LogP contribution in [-0.4, -0.2) is 10.9 Å². The predicted octanol–water partition coefficient (Wildman–Crippen LogP) is 1.33. The van der Waals surface area contributed by atoms with Gasteiger partial charge in [-0.05, 0) is 12.1 Å². The fourth-order valence-electron chi connectivity index (χ4n) is 1.18. The summed E-state index contributed by atoms with van der Waals surface area (Å²) in [6, 6.07) is 3.63. The van der Waals surface area contributed by atoms with Gasteiger partial charge in [0.05, 0.1) is 5.69 Å². The lowest BCUT2D eigenvalue weighted by atomic mass is 10.3. The fraction of sp³-hybridized carbons (Fsp3) is 0.111. The van der Waals surface area contributed by atoms with Crippen molar-refractivity contribution in [2.24, 2.45) is 0 Å². The van der Waals surface area contributed by atoms with Gasteiger partial charge in [0.25, 0.3) is 0 Å². The summed E-state index contributed by atoms with van der Waals surface area (Å²) in [5.74, 6) is 0.112. The first-order valence-corrected chi connectivity index (χ1v) is 3.77. The van der Waals surface area contributed by atoms with Crippen LogP contribution in [0.15, 0.2) is 36.8 Å². The Bertz CT molecular complexity index is 319. The Morgan fingerprint density at radius 2 is 2.08 bits per heavy atom. The zero-order chi connectivity index (χ0) is 8.39. The van der Waals surface area contributed by atoms with Gasteiger partial charge in [-0.2, -0.15) is 0 Å². The summed E-state index contributed by atoms with van der Waals surface area (Å²) in [4.78, 5) is 16.7. The van der Waals surface area contributed by atoms with E-state index in [1.807, 2.05) is 18.2 Å². The maximum Gasteiger partial charge on any atom is 0.234 e. The van der Waals surface area contributed by atoms with Gasteiger partial charge < -0.3 is 0 Å². The van der Waals surface area contributed by atoms with Crippen LogP contribution in [0.25, 0.3) is 0 Å². The van der Waals surface area contributed by atoms with Crippen LogP contribution in [0, 0.1) is 0 Å². The second-order valence-electron chi connectivity index (χ2n) is 2.56. The third-order valence-electron chi connectivity index (χ3n) is 1.76. The van der Waals surface area contributed by atoms with Crippen molar-refractivity contribution in [2.75, 3.05) is 4.90 Å². The summed E-state index contributed by atoms with van der Waals surface area (Å²) in [7, 11) is 0. The van der Waals surface area contributed by atoms with Crippen LogP contribution in [0.5, 0.6) is 0 Å². The highest BCUT2D eigenvalue weighted by Gasteiger charge is 2.15. The average Bonchev–Trinajstić information content (AvgIpc) is 2.53. The van der Waals surface area contributed by atoms with E-state index in [4.69, 9.17) is 0 Å². The van der Waals surface area contributed by atoms with Crippen LogP contribution >= 0.6 is 0 Å². The number of rotatable bonds is 1. The molecule has 0 spiro atoms. The molecule has 0 aromatic carbocycles. The van der Waals surface area contributed by atoms with Gasteiger partial charge >= 0.3 is 0 Å². The largest absolute Gasteiger partial charge is 0.288 e. The smallest absolute Gasteiger partial charge is 0.234 e. The monoisotopic (exact) mass is 160 g/mol. The zero-order valence-corrected chi connectivity index (χ0v) is 6.47. The molecule has 0 N–H and O–H groups in total. The molecule has 2 heterocycles. The van der Waals surface area contributed by atoms with Gasteiger partial charge in [0.2, 0.25) is 5.91 Å². The lowest BCUT2D eigenvalue weighted by Gasteiger charge is -2.12. The molecule has 0 unspecified atom stereocenters. The molecule has 1 aliphatic heterocycles. The lowest BCUT2D eigenvalue weighted by molar-refractivity contribution is -0.116. The third-order valence-corrected chi connectivity index (χ3v) is 1.76. The van der Waals surface area contributed by atoms with E-state index < -0.39 is 0 Å². The molecule has 3 heteroatoms. The van der Waals surface area contributed by atoms with Crippen LogP contribution in [0.2, 0.25) is 0 Å². The van der Waals surface area contributed by atoms with Crippen molar-refractivity contribution in [3.8, 4) is 0 Å². The molecule has 0 atom stereocenters. The predicted molar refractivity (Wildman–Crippen MR) is 45.5 cm³/mol. The van der Waals surface area contributed by atoms with Gasteiger partial charge in [0.1, 0.15) is 0 Å². The molecule has 0 saturated heterocycles. The van der Waals surface area contributed by atoms with Gasteiger partial charge in [-0.1, -0.05) is 6.08 Å². The summed E-state index contributed by atoms with van der Waals surface area (Å²) in [6.07, 6.45) is 7.49.